The largest absolute Gasteiger partial charge is 0.457 e. The van der Waals surface area contributed by atoms with E-state index < -0.39 is 0 Å². The molecule has 0 fully saturated rings. The minimum atomic E-state index is -0.189. The number of anilines is 3. The van der Waals surface area contributed by atoms with E-state index in [0.29, 0.717) is 21.3 Å². The van der Waals surface area contributed by atoms with Crippen LogP contribution in [-0.2, 0) is 0 Å². The number of aromatic nitrogens is 1. The molecule has 5 rings (SSSR count). The summed E-state index contributed by atoms with van der Waals surface area (Å²) in [5.41, 5.74) is 7.38. The molecule has 3 N–H and O–H groups in total. The Morgan fingerprint density at radius 3 is 1.71 bits per heavy atom. The summed E-state index contributed by atoms with van der Waals surface area (Å²) in [7, 11) is 0. The topological polar surface area (TPSA) is 86.5 Å². The highest BCUT2D eigenvalue weighted by Gasteiger charge is 2.18. The van der Waals surface area contributed by atoms with E-state index >= 15 is 0 Å². The quantitative estimate of drug-likeness (QED) is 0.227. The Balaban J connectivity index is 1.24. The monoisotopic (exact) mass is 479 g/mol. The number of carbonyl (C=O) groups excluding carboxylic acids is 1. The fourth-order valence-corrected chi connectivity index (χ4v) is 4.20. The molecule has 7 heteroatoms. The fourth-order valence-electron chi connectivity index (χ4n) is 3.33. The maximum Gasteiger partial charge on any atom is 0.206 e. The summed E-state index contributed by atoms with van der Waals surface area (Å²) in [6.07, 6.45) is 0. The van der Waals surface area contributed by atoms with Gasteiger partial charge in [0.15, 0.2) is 5.13 Å². The van der Waals surface area contributed by atoms with Crippen molar-refractivity contribution in [1.29, 1.82) is 0 Å². The van der Waals surface area contributed by atoms with Crippen molar-refractivity contribution in [3.63, 3.8) is 0 Å². The molecule has 6 nitrogen and oxygen atoms in total. The van der Waals surface area contributed by atoms with Crippen molar-refractivity contribution in [1.82, 2.24) is 4.98 Å². The molecule has 1 heterocycles. The van der Waals surface area contributed by atoms with Crippen LogP contribution in [0.15, 0.2) is 109 Å². The van der Waals surface area contributed by atoms with Gasteiger partial charge in [-0.2, -0.15) is 0 Å². The van der Waals surface area contributed by atoms with E-state index in [1.807, 2.05) is 84.9 Å². The molecule has 0 aliphatic carbocycles. The van der Waals surface area contributed by atoms with E-state index in [9.17, 15) is 4.79 Å². The zero-order valence-corrected chi connectivity index (χ0v) is 19.4. The summed E-state index contributed by atoms with van der Waals surface area (Å²) >= 11 is 1.21. The summed E-state index contributed by atoms with van der Waals surface area (Å²) in [5.74, 6) is 2.86. The highest BCUT2D eigenvalue weighted by molar-refractivity contribution is 7.18. The van der Waals surface area contributed by atoms with Crippen LogP contribution in [0.2, 0.25) is 0 Å². The smallest absolute Gasteiger partial charge is 0.206 e. The summed E-state index contributed by atoms with van der Waals surface area (Å²) in [5, 5.41) is 3.73. The molecular formula is C28H21N3O3S. The number of para-hydroxylation sites is 2. The van der Waals surface area contributed by atoms with Crippen molar-refractivity contribution in [2.24, 2.45) is 0 Å². The second-order valence-corrected chi connectivity index (χ2v) is 8.57. The van der Waals surface area contributed by atoms with Gasteiger partial charge in [-0.3, -0.25) is 4.79 Å². The standard InChI is InChI=1S/C28H21N3O3S/c29-27-26(25(32)19-11-15-23(16-12-19)33-21-7-3-1-4-8-21)35-28(31-27)30-20-13-17-24(18-14-20)34-22-9-5-2-6-10-22/h1-18H,29H2,(H,30,31). The third-order valence-electron chi connectivity index (χ3n) is 5.04. The third-order valence-corrected chi connectivity index (χ3v) is 6.02. The van der Waals surface area contributed by atoms with E-state index in [2.05, 4.69) is 10.3 Å². The van der Waals surface area contributed by atoms with Crippen molar-refractivity contribution in [3.05, 3.63) is 120 Å². The van der Waals surface area contributed by atoms with Gasteiger partial charge in [0.25, 0.3) is 0 Å². The first kappa shape index (κ1) is 22.2. The highest BCUT2D eigenvalue weighted by atomic mass is 32.1. The van der Waals surface area contributed by atoms with E-state index in [-0.39, 0.29) is 11.6 Å². The minimum Gasteiger partial charge on any atom is -0.457 e. The molecule has 0 spiro atoms. The predicted octanol–water partition coefficient (Wildman–Crippen LogP) is 7.28. The van der Waals surface area contributed by atoms with E-state index in [1.165, 1.54) is 11.3 Å². The number of hydrogen-bond donors (Lipinski definition) is 2. The third kappa shape index (κ3) is 5.48. The van der Waals surface area contributed by atoms with Crippen LogP contribution >= 0.6 is 11.3 Å². The Morgan fingerprint density at radius 1 is 0.686 bits per heavy atom. The van der Waals surface area contributed by atoms with Gasteiger partial charge in [-0.05, 0) is 72.8 Å². The maximum atomic E-state index is 13.0. The Bertz CT molecular complexity index is 1420. The lowest BCUT2D eigenvalue weighted by Gasteiger charge is -2.07. The van der Waals surface area contributed by atoms with Crippen molar-refractivity contribution in [2.75, 3.05) is 11.1 Å². The zero-order chi connectivity index (χ0) is 24.0. The number of nitrogens with zero attached hydrogens (tertiary/aromatic N) is 1. The van der Waals surface area contributed by atoms with E-state index in [4.69, 9.17) is 15.2 Å². The Morgan fingerprint density at radius 2 is 1.17 bits per heavy atom. The molecule has 0 amide bonds. The molecule has 4 aromatic carbocycles. The number of rotatable bonds is 8. The number of benzene rings is 4. The number of ketones is 1. The molecule has 0 saturated heterocycles. The van der Waals surface area contributed by atoms with Crippen molar-refractivity contribution < 1.29 is 14.3 Å². The molecule has 0 bridgehead atoms. The van der Waals surface area contributed by atoms with Gasteiger partial charge in [0, 0.05) is 11.3 Å². The normalized spacial score (nSPS) is 10.5. The first-order chi connectivity index (χ1) is 17.1. The van der Waals surface area contributed by atoms with Crippen LogP contribution in [0.3, 0.4) is 0 Å². The highest BCUT2D eigenvalue weighted by Crippen LogP contribution is 2.31. The number of nitrogens with two attached hydrogens (primary N) is 1. The number of hydrogen-bond acceptors (Lipinski definition) is 7. The predicted molar refractivity (Wildman–Crippen MR) is 139 cm³/mol. The lowest BCUT2D eigenvalue weighted by molar-refractivity contribution is 0.104. The van der Waals surface area contributed by atoms with Crippen LogP contribution in [0, 0.1) is 0 Å². The molecule has 0 saturated carbocycles. The van der Waals surface area contributed by atoms with Crippen LogP contribution in [0.4, 0.5) is 16.6 Å². The summed E-state index contributed by atoms with van der Waals surface area (Å²) in [4.78, 5) is 17.7. The first-order valence-corrected chi connectivity index (χ1v) is 11.7. The zero-order valence-electron chi connectivity index (χ0n) is 18.5. The second kappa shape index (κ2) is 10.1. The fraction of sp³-hybridized carbons (Fsp3) is 0. The van der Waals surface area contributed by atoms with E-state index in [1.54, 1.807) is 24.3 Å². The second-order valence-electron chi connectivity index (χ2n) is 7.57. The molecule has 5 aromatic rings. The summed E-state index contributed by atoms with van der Waals surface area (Å²) < 4.78 is 11.6. The Kier molecular flexibility index (Phi) is 6.41. The van der Waals surface area contributed by atoms with Crippen molar-refractivity contribution in [2.45, 2.75) is 0 Å². The van der Waals surface area contributed by atoms with Crippen molar-refractivity contribution >= 4 is 33.8 Å². The molecule has 0 aliphatic heterocycles. The van der Waals surface area contributed by atoms with Crippen molar-refractivity contribution in [3.8, 4) is 23.0 Å². The first-order valence-electron chi connectivity index (χ1n) is 10.9. The molecule has 172 valence electrons. The summed E-state index contributed by atoms with van der Waals surface area (Å²) in [6, 6.07) is 33.5. The number of nitrogen functional groups attached to an aromatic ring is 1. The summed E-state index contributed by atoms with van der Waals surface area (Å²) in [6.45, 7) is 0. The van der Waals surface area contributed by atoms with Gasteiger partial charge in [0.2, 0.25) is 5.78 Å². The number of ether oxygens (including phenoxy) is 2. The number of carbonyl (C=O) groups is 1. The lowest BCUT2D eigenvalue weighted by Crippen LogP contribution is -2.02. The van der Waals surface area contributed by atoms with Gasteiger partial charge < -0.3 is 20.5 Å². The van der Waals surface area contributed by atoms with Gasteiger partial charge >= 0.3 is 0 Å². The molecule has 0 unspecified atom stereocenters. The average Bonchev–Trinajstić information content (AvgIpc) is 3.26. The Hall–Kier alpha value is -4.62. The molecular weight excluding hydrogens is 458 g/mol. The maximum absolute atomic E-state index is 13.0. The van der Waals surface area contributed by atoms with E-state index in [0.717, 1.165) is 22.9 Å². The van der Waals surface area contributed by atoms with Crippen LogP contribution in [0.1, 0.15) is 15.2 Å². The molecule has 35 heavy (non-hydrogen) atoms. The number of nitrogens with one attached hydrogen (secondary N) is 1. The number of thiazole rings is 1. The van der Waals surface area contributed by atoms with Gasteiger partial charge in [-0.15, -0.1) is 0 Å². The minimum absolute atomic E-state index is 0.189. The van der Waals surface area contributed by atoms with Crippen LogP contribution < -0.4 is 20.5 Å². The van der Waals surface area contributed by atoms with Gasteiger partial charge in [0.1, 0.15) is 33.7 Å². The molecule has 1 aromatic heterocycles. The van der Waals surface area contributed by atoms with Gasteiger partial charge in [-0.25, -0.2) is 4.98 Å². The molecule has 0 radical (unpaired) electrons. The van der Waals surface area contributed by atoms with Gasteiger partial charge in [0.05, 0.1) is 0 Å². The van der Waals surface area contributed by atoms with Crippen LogP contribution in [0.5, 0.6) is 23.0 Å². The SMILES string of the molecule is Nc1nc(Nc2ccc(Oc3ccccc3)cc2)sc1C(=O)c1ccc(Oc2ccccc2)cc1. The average molecular weight is 480 g/mol. The molecule has 0 atom stereocenters. The van der Waals surface area contributed by atoms with Crippen LogP contribution in [-0.4, -0.2) is 10.8 Å². The van der Waals surface area contributed by atoms with Crippen LogP contribution in [0.25, 0.3) is 0 Å². The lowest BCUT2D eigenvalue weighted by atomic mass is 10.1. The Labute approximate surface area is 206 Å². The van der Waals surface area contributed by atoms with Gasteiger partial charge in [-0.1, -0.05) is 47.7 Å². The molecule has 0 aliphatic rings.